The molecule has 1 amide bonds. The predicted molar refractivity (Wildman–Crippen MR) is 68.5 cm³/mol. The summed E-state index contributed by atoms with van der Waals surface area (Å²) >= 11 is 0. The van der Waals surface area contributed by atoms with Crippen molar-refractivity contribution in [3.8, 4) is 0 Å². The number of hydrogen-bond donors (Lipinski definition) is 2. The summed E-state index contributed by atoms with van der Waals surface area (Å²) in [6, 6.07) is 0.0937. The van der Waals surface area contributed by atoms with Gasteiger partial charge in [-0.15, -0.1) is 5.10 Å². The van der Waals surface area contributed by atoms with E-state index in [0.29, 0.717) is 17.7 Å². The standard InChI is InChI=1S/C12H14N6O3/c19-9(15-12-17-16-10(20-12)6-3-4-6)8-14-11(21-18-8)7-2-1-5-13-7/h6-7,13H,1-5H2,(H,15,17,19). The number of aromatic nitrogens is 4. The van der Waals surface area contributed by atoms with E-state index in [9.17, 15) is 4.79 Å². The minimum atomic E-state index is -0.519. The third kappa shape index (κ3) is 2.51. The first-order valence-electron chi connectivity index (χ1n) is 7.01. The number of anilines is 1. The zero-order chi connectivity index (χ0) is 14.2. The van der Waals surface area contributed by atoms with E-state index < -0.39 is 5.91 Å². The zero-order valence-corrected chi connectivity index (χ0v) is 11.2. The fourth-order valence-electron chi connectivity index (χ4n) is 2.30. The van der Waals surface area contributed by atoms with Gasteiger partial charge in [0.05, 0.1) is 6.04 Å². The van der Waals surface area contributed by atoms with Crippen LogP contribution in [0.3, 0.4) is 0 Å². The number of nitrogens with one attached hydrogen (secondary N) is 2. The molecule has 1 unspecified atom stereocenters. The number of carbonyl (C=O) groups excluding carboxylic acids is 1. The second-order valence-electron chi connectivity index (χ2n) is 5.28. The summed E-state index contributed by atoms with van der Waals surface area (Å²) in [5, 5.41) is 17.1. The van der Waals surface area contributed by atoms with Crippen LogP contribution < -0.4 is 10.6 Å². The number of rotatable bonds is 4. The molecule has 1 aliphatic heterocycles. The van der Waals surface area contributed by atoms with Gasteiger partial charge in [0.1, 0.15) is 0 Å². The van der Waals surface area contributed by atoms with Gasteiger partial charge in [0, 0.05) is 5.92 Å². The summed E-state index contributed by atoms with van der Waals surface area (Å²) in [6.07, 6.45) is 4.09. The SMILES string of the molecule is O=C(Nc1nnc(C2CC2)o1)c1noc(C2CCCN2)n1. The summed E-state index contributed by atoms with van der Waals surface area (Å²) in [7, 11) is 0. The number of nitrogens with zero attached hydrogens (tertiary/aromatic N) is 4. The van der Waals surface area contributed by atoms with Crippen molar-refractivity contribution >= 4 is 11.9 Å². The minimum Gasteiger partial charge on any atom is -0.408 e. The Hall–Kier alpha value is -2.29. The summed E-state index contributed by atoms with van der Waals surface area (Å²) in [4.78, 5) is 16.1. The maximum Gasteiger partial charge on any atom is 0.322 e. The second-order valence-corrected chi connectivity index (χ2v) is 5.28. The molecule has 3 heterocycles. The highest BCUT2D eigenvalue weighted by molar-refractivity contribution is 6.00. The predicted octanol–water partition coefficient (Wildman–Crippen LogP) is 1.01. The molecule has 4 rings (SSSR count). The molecular weight excluding hydrogens is 276 g/mol. The van der Waals surface area contributed by atoms with Crippen LogP contribution in [0.4, 0.5) is 6.01 Å². The lowest BCUT2D eigenvalue weighted by Crippen LogP contribution is -2.16. The van der Waals surface area contributed by atoms with Gasteiger partial charge in [0.2, 0.25) is 11.8 Å². The molecule has 0 aromatic carbocycles. The van der Waals surface area contributed by atoms with Crippen molar-refractivity contribution in [1.29, 1.82) is 0 Å². The van der Waals surface area contributed by atoms with Crippen LogP contribution in [-0.4, -0.2) is 32.8 Å². The highest BCUT2D eigenvalue weighted by atomic mass is 16.5. The van der Waals surface area contributed by atoms with Gasteiger partial charge < -0.3 is 14.3 Å². The molecular formula is C12H14N6O3. The van der Waals surface area contributed by atoms with Crippen LogP contribution in [-0.2, 0) is 0 Å². The van der Waals surface area contributed by atoms with Gasteiger partial charge in [-0.05, 0) is 32.2 Å². The van der Waals surface area contributed by atoms with E-state index in [1.807, 2.05) is 0 Å². The maximum atomic E-state index is 12.0. The Labute approximate surface area is 119 Å². The van der Waals surface area contributed by atoms with Gasteiger partial charge in [-0.25, -0.2) is 0 Å². The van der Waals surface area contributed by atoms with Crippen molar-refractivity contribution < 1.29 is 13.7 Å². The monoisotopic (exact) mass is 290 g/mol. The van der Waals surface area contributed by atoms with E-state index in [4.69, 9.17) is 8.94 Å². The van der Waals surface area contributed by atoms with Crippen LogP contribution in [0.1, 0.15) is 60.0 Å². The number of amides is 1. The zero-order valence-electron chi connectivity index (χ0n) is 11.2. The van der Waals surface area contributed by atoms with E-state index in [2.05, 4.69) is 31.0 Å². The lowest BCUT2D eigenvalue weighted by molar-refractivity contribution is 0.101. The van der Waals surface area contributed by atoms with Crippen LogP contribution in [0.2, 0.25) is 0 Å². The number of hydrogen-bond acceptors (Lipinski definition) is 8. The van der Waals surface area contributed by atoms with Crippen LogP contribution in [0, 0.1) is 0 Å². The quantitative estimate of drug-likeness (QED) is 0.856. The molecule has 2 aromatic heterocycles. The molecule has 9 nitrogen and oxygen atoms in total. The molecule has 0 spiro atoms. The highest BCUT2D eigenvalue weighted by Crippen LogP contribution is 2.39. The molecule has 2 aromatic rings. The van der Waals surface area contributed by atoms with Crippen LogP contribution in [0.15, 0.2) is 8.94 Å². The first-order chi connectivity index (χ1) is 10.3. The smallest absolute Gasteiger partial charge is 0.322 e. The fraction of sp³-hybridized carbons (Fsp3) is 0.583. The molecule has 2 aliphatic rings. The molecule has 1 aliphatic carbocycles. The van der Waals surface area contributed by atoms with Gasteiger partial charge in [-0.2, -0.15) is 4.98 Å². The van der Waals surface area contributed by atoms with Crippen molar-refractivity contribution in [2.75, 3.05) is 11.9 Å². The van der Waals surface area contributed by atoms with E-state index in [0.717, 1.165) is 32.2 Å². The molecule has 9 heteroatoms. The number of carbonyl (C=O) groups is 1. The molecule has 1 saturated heterocycles. The van der Waals surface area contributed by atoms with E-state index >= 15 is 0 Å². The Bertz CT molecular complexity index is 656. The minimum absolute atomic E-state index is 0.0314. The Morgan fingerprint density at radius 1 is 1.24 bits per heavy atom. The summed E-state index contributed by atoms with van der Waals surface area (Å²) < 4.78 is 10.5. The van der Waals surface area contributed by atoms with Gasteiger partial charge in [0.25, 0.3) is 5.82 Å². The molecule has 1 saturated carbocycles. The molecule has 110 valence electrons. The Morgan fingerprint density at radius 3 is 2.90 bits per heavy atom. The Morgan fingerprint density at radius 2 is 2.14 bits per heavy atom. The normalized spacial score (nSPS) is 21.6. The average Bonchev–Trinajstić information content (AvgIpc) is 2.94. The summed E-state index contributed by atoms with van der Waals surface area (Å²) in [5.74, 6) is 0.781. The first kappa shape index (κ1) is 12.5. The van der Waals surface area contributed by atoms with E-state index in [-0.39, 0.29) is 17.9 Å². The van der Waals surface area contributed by atoms with Crippen molar-refractivity contribution in [2.45, 2.75) is 37.6 Å². The maximum absolute atomic E-state index is 12.0. The second kappa shape index (κ2) is 4.92. The molecule has 21 heavy (non-hydrogen) atoms. The lowest BCUT2D eigenvalue weighted by atomic mass is 10.2. The van der Waals surface area contributed by atoms with Gasteiger partial charge in [0.15, 0.2) is 0 Å². The van der Waals surface area contributed by atoms with Crippen LogP contribution in [0.25, 0.3) is 0 Å². The van der Waals surface area contributed by atoms with Gasteiger partial charge in [-0.3, -0.25) is 10.1 Å². The van der Waals surface area contributed by atoms with E-state index in [1.54, 1.807) is 0 Å². The highest BCUT2D eigenvalue weighted by Gasteiger charge is 2.30. The molecule has 0 bridgehead atoms. The Balaban J connectivity index is 1.43. The lowest BCUT2D eigenvalue weighted by Gasteiger charge is -2.01. The van der Waals surface area contributed by atoms with Crippen molar-refractivity contribution in [2.24, 2.45) is 0 Å². The van der Waals surface area contributed by atoms with Gasteiger partial charge in [-0.1, -0.05) is 10.3 Å². The van der Waals surface area contributed by atoms with E-state index in [1.165, 1.54) is 0 Å². The largest absolute Gasteiger partial charge is 0.408 e. The molecule has 2 N–H and O–H groups in total. The fourth-order valence-corrected chi connectivity index (χ4v) is 2.30. The molecule has 1 atom stereocenters. The average molecular weight is 290 g/mol. The van der Waals surface area contributed by atoms with Crippen molar-refractivity contribution in [3.05, 3.63) is 17.6 Å². The van der Waals surface area contributed by atoms with Gasteiger partial charge >= 0.3 is 11.9 Å². The first-order valence-corrected chi connectivity index (χ1v) is 7.01. The summed E-state index contributed by atoms with van der Waals surface area (Å²) in [5.41, 5.74) is 0. The Kier molecular flexibility index (Phi) is 2.92. The van der Waals surface area contributed by atoms with Crippen LogP contribution >= 0.6 is 0 Å². The van der Waals surface area contributed by atoms with Crippen molar-refractivity contribution in [3.63, 3.8) is 0 Å². The third-order valence-corrected chi connectivity index (χ3v) is 3.59. The van der Waals surface area contributed by atoms with Crippen molar-refractivity contribution in [1.82, 2.24) is 25.7 Å². The summed E-state index contributed by atoms with van der Waals surface area (Å²) in [6.45, 7) is 0.917. The molecule has 0 radical (unpaired) electrons. The molecule has 2 fully saturated rings. The third-order valence-electron chi connectivity index (χ3n) is 3.59. The topological polar surface area (TPSA) is 119 Å². The van der Waals surface area contributed by atoms with Crippen LogP contribution in [0.5, 0.6) is 0 Å².